The Labute approximate surface area is 159 Å². The van der Waals surface area contributed by atoms with E-state index in [1.165, 1.54) is 5.69 Å². The molecule has 7 nitrogen and oxygen atoms in total. The number of nitrogens with one attached hydrogen (secondary N) is 1. The number of hydrogen-bond acceptors (Lipinski definition) is 5. The van der Waals surface area contributed by atoms with E-state index in [0.717, 1.165) is 49.6 Å². The number of hydrogen-bond donors (Lipinski definition) is 1. The fourth-order valence-electron chi connectivity index (χ4n) is 3.81. The van der Waals surface area contributed by atoms with Crippen molar-refractivity contribution in [3.05, 3.63) is 35.7 Å². The number of aromatic nitrogens is 2. The molecule has 0 bridgehead atoms. The van der Waals surface area contributed by atoms with Crippen molar-refractivity contribution in [1.29, 1.82) is 0 Å². The van der Waals surface area contributed by atoms with Crippen LogP contribution in [0.1, 0.15) is 24.2 Å². The van der Waals surface area contributed by atoms with Crippen molar-refractivity contribution in [3.63, 3.8) is 0 Å². The van der Waals surface area contributed by atoms with Gasteiger partial charge in [-0.3, -0.25) is 14.4 Å². The van der Waals surface area contributed by atoms with Gasteiger partial charge in [0.15, 0.2) is 11.5 Å². The van der Waals surface area contributed by atoms with E-state index in [0.29, 0.717) is 18.2 Å². The summed E-state index contributed by atoms with van der Waals surface area (Å²) in [6.07, 6.45) is 2.19. The number of ether oxygens (including phenoxy) is 2. The molecule has 7 heteroatoms. The molecule has 0 saturated carbocycles. The summed E-state index contributed by atoms with van der Waals surface area (Å²) in [4.78, 5) is 14.6. The van der Waals surface area contributed by atoms with Gasteiger partial charge in [-0.25, -0.2) is 0 Å². The molecule has 1 aromatic heterocycles. The molecule has 2 aliphatic rings. The maximum Gasteiger partial charge on any atom is 0.238 e. The molecule has 1 N–H and O–H groups in total. The zero-order valence-corrected chi connectivity index (χ0v) is 15.9. The first-order valence-corrected chi connectivity index (χ1v) is 9.50. The van der Waals surface area contributed by atoms with Crippen molar-refractivity contribution in [2.24, 2.45) is 5.92 Å². The van der Waals surface area contributed by atoms with Crippen LogP contribution in [0.2, 0.25) is 0 Å². The first-order valence-electron chi connectivity index (χ1n) is 9.50. The van der Waals surface area contributed by atoms with E-state index in [2.05, 4.69) is 33.0 Å². The molecule has 4 rings (SSSR count). The van der Waals surface area contributed by atoms with Crippen LogP contribution in [0.15, 0.2) is 24.3 Å². The number of amides is 1. The highest BCUT2D eigenvalue weighted by Gasteiger charge is 2.22. The lowest BCUT2D eigenvalue weighted by atomic mass is 9.97. The number of carbonyl (C=O) groups is 1. The monoisotopic (exact) mass is 370 g/mol. The molecular formula is C20H26N4O3. The Morgan fingerprint density at radius 1 is 1.19 bits per heavy atom. The number of rotatable bonds is 5. The molecule has 1 fully saturated rings. The second-order valence-corrected chi connectivity index (χ2v) is 7.44. The highest BCUT2D eigenvalue weighted by Crippen LogP contribution is 2.34. The average molecular weight is 370 g/mol. The molecule has 0 aliphatic carbocycles. The van der Waals surface area contributed by atoms with Gasteiger partial charge in [0.25, 0.3) is 0 Å². The summed E-state index contributed by atoms with van der Waals surface area (Å²) in [5.41, 5.74) is 3.03. The standard InChI is InChI=1S/C20H26N4O3/c1-14-9-15(2)24(22-14)11-16-5-7-23(8-6-16)12-20(25)21-17-3-4-18-19(10-17)27-13-26-18/h3-4,9-10,16H,5-8,11-13H2,1-2H3,(H,21,25). The summed E-state index contributed by atoms with van der Waals surface area (Å²) in [5, 5.41) is 7.51. The van der Waals surface area contributed by atoms with Gasteiger partial charge in [0.1, 0.15) is 0 Å². The van der Waals surface area contributed by atoms with Gasteiger partial charge in [-0.1, -0.05) is 0 Å². The number of carbonyl (C=O) groups excluding carboxylic acids is 1. The van der Waals surface area contributed by atoms with Crippen LogP contribution in [-0.2, 0) is 11.3 Å². The third-order valence-corrected chi connectivity index (χ3v) is 5.27. The van der Waals surface area contributed by atoms with Gasteiger partial charge in [-0.2, -0.15) is 5.10 Å². The number of likely N-dealkylation sites (tertiary alicyclic amines) is 1. The van der Waals surface area contributed by atoms with Gasteiger partial charge in [0.05, 0.1) is 12.2 Å². The lowest BCUT2D eigenvalue weighted by Gasteiger charge is -2.31. The van der Waals surface area contributed by atoms with Crippen LogP contribution in [-0.4, -0.2) is 47.0 Å². The lowest BCUT2D eigenvalue weighted by Crippen LogP contribution is -2.40. The molecule has 144 valence electrons. The van der Waals surface area contributed by atoms with Crippen LogP contribution in [0.5, 0.6) is 11.5 Å². The quantitative estimate of drug-likeness (QED) is 0.876. The molecule has 1 amide bonds. The van der Waals surface area contributed by atoms with Gasteiger partial charge in [-0.15, -0.1) is 0 Å². The fraction of sp³-hybridized carbons (Fsp3) is 0.500. The molecule has 0 atom stereocenters. The third-order valence-electron chi connectivity index (χ3n) is 5.27. The highest BCUT2D eigenvalue weighted by molar-refractivity contribution is 5.92. The van der Waals surface area contributed by atoms with Crippen molar-refractivity contribution in [2.45, 2.75) is 33.2 Å². The van der Waals surface area contributed by atoms with E-state index >= 15 is 0 Å². The van der Waals surface area contributed by atoms with Gasteiger partial charge in [0.2, 0.25) is 12.7 Å². The molecule has 1 aromatic carbocycles. The van der Waals surface area contributed by atoms with Crippen molar-refractivity contribution >= 4 is 11.6 Å². The van der Waals surface area contributed by atoms with Crippen molar-refractivity contribution in [2.75, 3.05) is 31.7 Å². The van der Waals surface area contributed by atoms with Crippen LogP contribution in [0.3, 0.4) is 0 Å². The normalized spacial score (nSPS) is 17.3. The summed E-state index contributed by atoms with van der Waals surface area (Å²) >= 11 is 0. The molecule has 2 aliphatic heterocycles. The summed E-state index contributed by atoms with van der Waals surface area (Å²) in [5.74, 6) is 2.03. The molecule has 1 saturated heterocycles. The Bertz CT molecular complexity index is 825. The summed E-state index contributed by atoms with van der Waals surface area (Å²) in [6.45, 7) is 7.65. The predicted molar refractivity (Wildman–Crippen MR) is 102 cm³/mol. The molecule has 2 aromatic rings. The van der Waals surface area contributed by atoms with Gasteiger partial charge in [-0.05, 0) is 63.9 Å². The number of nitrogens with zero attached hydrogens (tertiary/aromatic N) is 3. The first kappa shape index (κ1) is 17.9. The number of aryl methyl sites for hydroxylation is 2. The van der Waals surface area contributed by atoms with Crippen LogP contribution in [0.4, 0.5) is 5.69 Å². The molecule has 0 spiro atoms. The third kappa shape index (κ3) is 4.24. The van der Waals surface area contributed by atoms with E-state index < -0.39 is 0 Å². The molecule has 27 heavy (non-hydrogen) atoms. The zero-order chi connectivity index (χ0) is 18.8. The number of anilines is 1. The second kappa shape index (κ2) is 7.60. The Hall–Kier alpha value is -2.54. The topological polar surface area (TPSA) is 68.6 Å². The average Bonchev–Trinajstić information content (AvgIpc) is 3.22. The predicted octanol–water partition coefficient (Wildman–Crippen LogP) is 2.58. The smallest absolute Gasteiger partial charge is 0.238 e. The first-order chi connectivity index (χ1) is 13.1. The van der Waals surface area contributed by atoms with E-state index in [1.807, 2.05) is 19.1 Å². The van der Waals surface area contributed by atoms with E-state index in [4.69, 9.17) is 9.47 Å². The van der Waals surface area contributed by atoms with Crippen LogP contribution >= 0.6 is 0 Å². The van der Waals surface area contributed by atoms with Gasteiger partial charge >= 0.3 is 0 Å². The summed E-state index contributed by atoms with van der Waals surface area (Å²) < 4.78 is 12.8. The van der Waals surface area contributed by atoms with E-state index in [-0.39, 0.29) is 12.7 Å². The van der Waals surface area contributed by atoms with Crippen LogP contribution in [0, 0.1) is 19.8 Å². The zero-order valence-electron chi connectivity index (χ0n) is 15.9. The van der Waals surface area contributed by atoms with E-state index in [1.54, 1.807) is 6.07 Å². The fourth-order valence-corrected chi connectivity index (χ4v) is 3.81. The Balaban J connectivity index is 1.24. The molecule has 3 heterocycles. The summed E-state index contributed by atoms with van der Waals surface area (Å²) in [6, 6.07) is 7.59. The number of benzene rings is 1. The molecule has 0 unspecified atom stereocenters. The molecular weight excluding hydrogens is 344 g/mol. The largest absolute Gasteiger partial charge is 0.454 e. The maximum atomic E-state index is 12.4. The SMILES string of the molecule is Cc1cc(C)n(CC2CCN(CC(=O)Nc3ccc4c(c3)OCO4)CC2)n1. The van der Waals surface area contributed by atoms with Crippen LogP contribution < -0.4 is 14.8 Å². The second-order valence-electron chi connectivity index (χ2n) is 7.44. The van der Waals surface area contributed by atoms with Gasteiger partial charge < -0.3 is 14.8 Å². The minimum Gasteiger partial charge on any atom is -0.454 e. The van der Waals surface area contributed by atoms with Crippen molar-refractivity contribution in [1.82, 2.24) is 14.7 Å². The van der Waals surface area contributed by atoms with Crippen molar-refractivity contribution in [3.8, 4) is 11.5 Å². The maximum absolute atomic E-state index is 12.4. The number of fused-ring (bicyclic) bond motifs is 1. The lowest BCUT2D eigenvalue weighted by molar-refractivity contribution is -0.117. The Kier molecular flexibility index (Phi) is 5.03. The van der Waals surface area contributed by atoms with Gasteiger partial charge in [0, 0.05) is 24.0 Å². The number of piperidine rings is 1. The molecule has 0 radical (unpaired) electrons. The Morgan fingerprint density at radius 3 is 2.70 bits per heavy atom. The van der Waals surface area contributed by atoms with Crippen LogP contribution in [0.25, 0.3) is 0 Å². The van der Waals surface area contributed by atoms with E-state index in [9.17, 15) is 4.79 Å². The summed E-state index contributed by atoms with van der Waals surface area (Å²) in [7, 11) is 0. The minimum atomic E-state index is 0.00543. The Morgan fingerprint density at radius 2 is 1.96 bits per heavy atom. The minimum absolute atomic E-state index is 0.00543. The highest BCUT2D eigenvalue weighted by atomic mass is 16.7. The van der Waals surface area contributed by atoms with Crippen molar-refractivity contribution < 1.29 is 14.3 Å².